The fourth-order valence-electron chi connectivity index (χ4n) is 2.06. The van der Waals surface area contributed by atoms with Crippen LogP contribution in [0.1, 0.15) is 16.1 Å². The number of Topliss-reactive ketones (excluding diaryl/α,β-unsaturated/α-hetero) is 1. The number of carbonyl (C=O) groups excluding carboxylic acids is 1. The summed E-state index contributed by atoms with van der Waals surface area (Å²) in [6.45, 7) is 0. The van der Waals surface area contributed by atoms with Gasteiger partial charge in [0.05, 0.1) is 0 Å². The van der Waals surface area contributed by atoms with E-state index >= 15 is 0 Å². The predicted molar refractivity (Wildman–Crippen MR) is 75.7 cm³/mol. The van der Waals surface area contributed by atoms with Gasteiger partial charge in [-0.05, 0) is 35.9 Å². The number of ketones is 1. The van der Waals surface area contributed by atoms with Crippen molar-refractivity contribution in [1.82, 2.24) is 0 Å². The normalized spacial score (nSPS) is 10.9. The van der Waals surface area contributed by atoms with Crippen LogP contribution in [0.25, 0.3) is 11.0 Å². The largest absolute Gasteiger partial charge is 0.453 e. The van der Waals surface area contributed by atoms with Gasteiger partial charge >= 0.3 is 0 Å². The van der Waals surface area contributed by atoms with Crippen molar-refractivity contribution in [3.63, 3.8) is 0 Å². The summed E-state index contributed by atoms with van der Waals surface area (Å²) in [7, 11) is 0. The zero-order valence-corrected chi connectivity index (χ0v) is 11.2. The Balaban J connectivity index is 1.90. The highest BCUT2D eigenvalue weighted by atomic mass is 35.5. The number of benzene rings is 2. The predicted octanol–water partition coefficient (Wildman–Crippen LogP) is 4.65. The molecule has 100 valence electrons. The molecule has 0 atom stereocenters. The highest BCUT2D eigenvalue weighted by Crippen LogP contribution is 2.22. The maximum Gasteiger partial charge on any atom is 0.202 e. The first kappa shape index (κ1) is 12.9. The lowest BCUT2D eigenvalue weighted by molar-refractivity contribution is 0.0967. The third kappa shape index (κ3) is 2.45. The highest BCUT2D eigenvalue weighted by molar-refractivity contribution is 6.30. The van der Waals surface area contributed by atoms with E-state index in [-0.39, 0.29) is 23.5 Å². The molecular formula is C16H10ClFO2. The molecule has 1 aromatic heterocycles. The van der Waals surface area contributed by atoms with Gasteiger partial charge in [0.15, 0.2) is 5.76 Å². The van der Waals surface area contributed by atoms with Gasteiger partial charge in [-0.1, -0.05) is 29.8 Å². The van der Waals surface area contributed by atoms with Crippen molar-refractivity contribution in [1.29, 1.82) is 0 Å². The molecule has 0 unspecified atom stereocenters. The van der Waals surface area contributed by atoms with Gasteiger partial charge in [0.25, 0.3) is 0 Å². The van der Waals surface area contributed by atoms with Crippen LogP contribution in [0, 0.1) is 5.82 Å². The van der Waals surface area contributed by atoms with Gasteiger partial charge in [0.1, 0.15) is 11.4 Å². The molecule has 0 aliphatic heterocycles. The van der Waals surface area contributed by atoms with E-state index in [1.165, 1.54) is 18.2 Å². The van der Waals surface area contributed by atoms with E-state index in [2.05, 4.69) is 0 Å². The number of hydrogen-bond acceptors (Lipinski definition) is 2. The van der Waals surface area contributed by atoms with Crippen LogP contribution < -0.4 is 0 Å². The monoisotopic (exact) mass is 288 g/mol. The standard InChI is InChI=1S/C16H10ClFO2/c17-12-5-6-13(18)11(7-12)8-14(19)16-9-10-3-1-2-4-15(10)20-16/h1-7,9H,8H2. The zero-order valence-electron chi connectivity index (χ0n) is 10.4. The van der Waals surface area contributed by atoms with Crippen LogP contribution in [0.2, 0.25) is 5.02 Å². The number of fused-ring (bicyclic) bond motifs is 1. The van der Waals surface area contributed by atoms with Gasteiger partial charge in [-0.2, -0.15) is 0 Å². The maximum absolute atomic E-state index is 13.6. The maximum atomic E-state index is 13.6. The van der Waals surface area contributed by atoms with Crippen LogP contribution >= 0.6 is 11.6 Å². The lowest BCUT2D eigenvalue weighted by Gasteiger charge is -2.01. The number of halogens is 2. The van der Waals surface area contributed by atoms with Crippen molar-refractivity contribution in [2.75, 3.05) is 0 Å². The molecule has 2 nitrogen and oxygen atoms in total. The van der Waals surface area contributed by atoms with Crippen molar-refractivity contribution in [3.8, 4) is 0 Å². The van der Waals surface area contributed by atoms with E-state index < -0.39 is 5.82 Å². The molecule has 0 amide bonds. The minimum atomic E-state index is -0.445. The Kier molecular flexibility index (Phi) is 3.28. The molecule has 0 bridgehead atoms. The number of hydrogen-bond donors (Lipinski definition) is 0. The summed E-state index contributed by atoms with van der Waals surface area (Å²) in [4.78, 5) is 12.1. The van der Waals surface area contributed by atoms with Crippen molar-refractivity contribution in [3.05, 3.63) is 70.7 Å². The third-order valence-corrected chi connectivity index (χ3v) is 3.29. The first-order valence-corrected chi connectivity index (χ1v) is 6.47. The van der Waals surface area contributed by atoms with Crippen molar-refractivity contribution >= 4 is 28.4 Å². The summed E-state index contributed by atoms with van der Waals surface area (Å²) in [6.07, 6.45) is -0.0772. The Hall–Kier alpha value is -2.13. The molecule has 20 heavy (non-hydrogen) atoms. The second kappa shape index (κ2) is 5.10. The first-order valence-electron chi connectivity index (χ1n) is 6.09. The van der Waals surface area contributed by atoms with E-state index in [1.807, 2.05) is 18.2 Å². The Labute approximate surface area is 119 Å². The Morgan fingerprint density at radius 2 is 1.95 bits per heavy atom. The Morgan fingerprint density at radius 3 is 2.75 bits per heavy atom. The molecule has 0 radical (unpaired) electrons. The van der Waals surface area contributed by atoms with Crippen LogP contribution in [-0.2, 0) is 6.42 Å². The van der Waals surface area contributed by atoms with Gasteiger partial charge in [0, 0.05) is 16.8 Å². The van der Waals surface area contributed by atoms with Crippen LogP contribution in [-0.4, -0.2) is 5.78 Å². The summed E-state index contributed by atoms with van der Waals surface area (Å²) in [5.74, 6) is -0.494. The average Bonchev–Trinajstić information content (AvgIpc) is 2.87. The second-order valence-electron chi connectivity index (χ2n) is 4.48. The average molecular weight is 289 g/mol. The fourth-order valence-corrected chi connectivity index (χ4v) is 2.25. The molecule has 0 fully saturated rings. The van der Waals surface area contributed by atoms with Gasteiger partial charge in [0.2, 0.25) is 5.78 Å². The number of para-hydroxylation sites is 1. The number of carbonyl (C=O) groups is 1. The van der Waals surface area contributed by atoms with Crippen LogP contribution in [0.4, 0.5) is 4.39 Å². The van der Waals surface area contributed by atoms with E-state index in [9.17, 15) is 9.18 Å². The van der Waals surface area contributed by atoms with Crippen molar-refractivity contribution < 1.29 is 13.6 Å². The van der Waals surface area contributed by atoms with Gasteiger partial charge < -0.3 is 4.42 Å². The molecule has 3 aromatic rings. The van der Waals surface area contributed by atoms with Crippen molar-refractivity contribution in [2.24, 2.45) is 0 Å². The van der Waals surface area contributed by atoms with Gasteiger partial charge in [-0.3, -0.25) is 4.79 Å². The molecule has 0 saturated carbocycles. The number of furan rings is 1. The molecule has 0 aliphatic rings. The highest BCUT2D eigenvalue weighted by Gasteiger charge is 2.15. The van der Waals surface area contributed by atoms with Crippen LogP contribution in [0.15, 0.2) is 52.9 Å². The Morgan fingerprint density at radius 1 is 1.15 bits per heavy atom. The fraction of sp³-hybridized carbons (Fsp3) is 0.0625. The zero-order chi connectivity index (χ0) is 14.1. The molecule has 0 saturated heterocycles. The van der Waals surface area contributed by atoms with Crippen LogP contribution in [0.5, 0.6) is 0 Å². The van der Waals surface area contributed by atoms with E-state index in [1.54, 1.807) is 12.1 Å². The second-order valence-corrected chi connectivity index (χ2v) is 4.92. The topological polar surface area (TPSA) is 30.2 Å². The molecule has 1 heterocycles. The number of rotatable bonds is 3. The molecule has 3 rings (SSSR count). The van der Waals surface area contributed by atoms with Crippen molar-refractivity contribution in [2.45, 2.75) is 6.42 Å². The van der Waals surface area contributed by atoms with Crippen LogP contribution in [0.3, 0.4) is 0 Å². The summed E-state index contributed by atoms with van der Waals surface area (Å²) in [5, 5.41) is 1.25. The SMILES string of the molecule is O=C(Cc1cc(Cl)ccc1F)c1cc2ccccc2o1. The van der Waals surface area contributed by atoms with E-state index in [4.69, 9.17) is 16.0 Å². The first-order chi connectivity index (χ1) is 9.63. The molecule has 0 spiro atoms. The summed E-state index contributed by atoms with van der Waals surface area (Å²) < 4.78 is 19.1. The molecule has 2 aromatic carbocycles. The lowest BCUT2D eigenvalue weighted by atomic mass is 10.1. The quantitative estimate of drug-likeness (QED) is 0.657. The summed E-state index contributed by atoms with van der Waals surface area (Å²) in [6, 6.07) is 13.2. The van der Waals surface area contributed by atoms with E-state index in [0.29, 0.717) is 10.6 Å². The minimum Gasteiger partial charge on any atom is -0.453 e. The molecule has 4 heteroatoms. The van der Waals surface area contributed by atoms with E-state index in [0.717, 1.165) is 5.39 Å². The molecular weight excluding hydrogens is 279 g/mol. The van der Waals surface area contributed by atoms with Gasteiger partial charge in [-0.25, -0.2) is 4.39 Å². The molecule has 0 aliphatic carbocycles. The van der Waals surface area contributed by atoms with Gasteiger partial charge in [-0.15, -0.1) is 0 Å². The molecule has 0 N–H and O–H groups in total. The smallest absolute Gasteiger partial charge is 0.202 e. The summed E-state index contributed by atoms with van der Waals surface area (Å²) >= 11 is 5.81. The third-order valence-electron chi connectivity index (χ3n) is 3.06. The minimum absolute atomic E-state index is 0.0772. The summed E-state index contributed by atoms with van der Waals surface area (Å²) in [5.41, 5.74) is 0.908. The Bertz CT molecular complexity index is 759. The lowest BCUT2D eigenvalue weighted by Crippen LogP contribution is -2.04.